The van der Waals surface area contributed by atoms with Crippen LogP contribution in [0.25, 0.3) is 0 Å². The third kappa shape index (κ3) is 2.53. The van der Waals surface area contributed by atoms with Crippen LogP contribution in [-0.4, -0.2) is 17.4 Å². The van der Waals surface area contributed by atoms with Crippen LogP contribution in [0, 0.1) is 0 Å². The second kappa shape index (κ2) is 3.40. The van der Waals surface area contributed by atoms with E-state index in [1.807, 2.05) is 5.32 Å². The van der Waals surface area contributed by atoms with Gasteiger partial charge in [0, 0.05) is 6.08 Å². The molecule has 1 aliphatic rings. The third-order valence-corrected chi connectivity index (χ3v) is 0.887. The Labute approximate surface area is 62.6 Å². The van der Waals surface area contributed by atoms with Gasteiger partial charge in [0.2, 0.25) is 5.88 Å². The number of nitrogens with zero attached hydrogens (tertiary/aromatic N) is 1. The molecule has 0 bridgehead atoms. The standard InChI is InChI=1S/C6H6N2O3/c9-6(10)8-5-3-1-2-4-7-11-5/h1-4,8H,(H,9,10). The van der Waals surface area contributed by atoms with E-state index in [1.54, 1.807) is 12.2 Å². The normalized spacial score (nSPS) is 14.7. The fourth-order valence-corrected chi connectivity index (χ4v) is 0.515. The van der Waals surface area contributed by atoms with Crippen molar-refractivity contribution in [1.82, 2.24) is 5.32 Å². The highest BCUT2D eigenvalue weighted by Crippen LogP contribution is 1.96. The average molecular weight is 154 g/mol. The van der Waals surface area contributed by atoms with Crippen molar-refractivity contribution in [3.05, 3.63) is 24.1 Å². The Balaban J connectivity index is 2.57. The highest BCUT2D eigenvalue weighted by molar-refractivity contribution is 5.72. The molecule has 5 heteroatoms. The predicted octanol–water partition coefficient (Wildman–Crippen LogP) is 0.668. The number of carboxylic acid groups (broad SMARTS) is 1. The summed E-state index contributed by atoms with van der Waals surface area (Å²) in [6.45, 7) is 0. The Morgan fingerprint density at radius 3 is 3.18 bits per heavy atom. The van der Waals surface area contributed by atoms with Crippen molar-refractivity contribution >= 4 is 12.3 Å². The topological polar surface area (TPSA) is 70.9 Å². The smallest absolute Gasteiger partial charge is 0.411 e. The summed E-state index contributed by atoms with van der Waals surface area (Å²) in [6.07, 6.45) is 4.92. The second-order valence-electron chi connectivity index (χ2n) is 1.69. The SMILES string of the molecule is O=C(O)NC1=CC=CC=NO1. The molecule has 0 atom stereocenters. The molecule has 0 fully saturated rings. The first-order valence-corrected chi connectivity index (χ1v) is 2.86. The summed E-state index contributed by atoms with van der Waals surface area (Å²) >= 11 is 0. The average Bonchev–Trinajstić information content (AvgIpc) is 2.14. The first kappa shape index (κ1) is 7.33. The number of allylic oxidation sites excluding steroid dienone is 3. The molecule has 0 aromatic rings. The molecule has 0 aromatic carbocycles. The van der Waals surface area contributed by atoms with Gasteiger partial charge >= 0.3 is 6.09 Å². The molecule has 11 heavy (non-hydrogen) atoms. The molecule has 5 nitrogen and oxygen atoms in total. The van der Waals surface area contributed by atoms with Crippen LogP contribution in [0.5, 0.6) is 0 Å². The Kier molecular flexibility index (Phi) is 2.27. The van der Waals surface area contributed by atoms with E-state index in [2.05, 4.69) is 9.99 Å². The lowest BCUT2D eigenvalue weighted by molar-refractivity contribution is 0.170. The van der Waals surface area contributed by atoms with Crippen molar-refractivity contribution in [3.63, 3.8) is 0 Å². The Morgan fingerprint density at radius 1 is 1.64 bits per heavy atom. The molecule has 58 valence electrons. The Morgan fingerprint density at radius 2 is 2.45 bits per heavy atom. The van der Waals surface area contributed by atoms with Crippen LogP contribution in [0.2, 0.25) is 0 Å². The lowest BCUT2D eigenvalue weighted by Gasteiger charge is -2.00. The first-order valence-electron chi connectivity index (χ1n) is 2.86. The van der Waals surface area contributed by atoms with Gasteiger partial charge in [-0.15, -0.1) is 0 Å². The quantitative estimate of drug-likeness (QED) is 0.583. The number of hydrogen-bond donors (Lipinski definition) is 2. The van der Waals surface area contributed by atoms with Crippen LogP contribution in [0.4, 0.5) is 4.79 Å². The summed E-state index contributed by atoms with van der Waals surface area (Å²) in [6, 6.07) is 0. The summed E-state index contributed by atoms with van der Waals surface area (Å²) in [5.74, 6) is 0.0856. The van der Waals surface area contributed by atoms with Crippen LogP contribution in [0.1, 0.15) is 0 Å². The molecule has 0 radical (unpaired) electrons. The van der Waals surface area contributed by atoms with Crippen LogP contribution >= 0.6 is 0 Å². The number of oxime groups is 1. The molecule has 2 N–H and O–H groups in total. The van der Waals surface area contributed by atoms with E-state index in [4.69, 9.17) is 5.11 Å². The minimum atomic E-state index is -1.18. The molecule has 1 rings (SSSR count). The fraction of sp³-hybridized carbons (Fsp3) is 0. The molecular weight excluding hydrogens is 148 g/mol. The van der Waals surface area contributed by atoms with Gasteiger partial charge in [-0.25, -0.2) is 4.79 Å². The van der Waals surface area contributed by atoms with Crippen molar-refractivity contribution in [3.8, 4) is 0 Å². The lowest BCUT2D eigenvalue weighted by atomic mass is 10.5. The van der Waals surface area contributed by atoms with Gasteiger partial charge in [-0.3, -0.25) is 5.32 Å². The number of carbonyl (C=O) groups is 1. The van der Waals surface area contributed by atoms with Crippen molar-refractivity contribution in [2.75, 3.05) is 0 Å². The number of nitrogens with one attached hydrogen (secondary N) is 1. The van der Waals surface area contributed by atoms with E-state index in [0.717, 1.165) is 0 Å². The second-order valence-corrected chi connectivity index (χ2v) is 1.69. The summed E-state index contributed by atoms with van der Waals surface area (Å²) in [5.41, 5.74) is 0. The predicted molar refractivity (Wildman–Crippen MR) is 38.0 cm³/mol. The van der Waals surface area contributed by atoms with Gasteiger partial charge in [-0.1, -0.05) is 11.2 Å². The maximum absolute atomic E-state index is 10.1. The monoisotopic (exact) mass is 154 g/mol. The van der Waals surface area contributed by atoms with E-state index in [9.17, 15) is 4.79 Å². The molecule has 1 heterocycles. The molecule has 0 spiro atoms. The van der Waals surface area contributed by atoms with Crippen LogP contribution in [0.15, 0.2) is 29.3 Å². The van der Waals surface area contributed by atoms with Crippen molar-refractivity contribution < 1.29 is 14.7 Å². The van der Waals surface area contributed by atoms with E-state index < -0.39 is 6.09 Å². The zero-order valence-corrected chi connectivity index (χ0v) is 5.52. The van der Waals surface area contributed by atoms with Gasteiger partial charge < -0.3 is 9.94 Å². The Hall–Kier alpha value is -1.78. The number of hydrogen-bond acceptors (Lipinski definition) is 3. The van der Waals surface area contributed by atoms with Crippen molar-refractivity contribution in [1.29, 1.82) is 0 Å². The van der Waals surface area contributed by atoms with Gasteiger partial charge in [-0.2, -0.15) is 0 Å². The molecule has 1 aliphatic heterocycles. The first-order chi connectivity index (χ1) is 5.29. The summed E-state index contributed by atoms with van der Waals surface area (Å²) in [7, 11) is 0. The molecule has 0 unspecified atom stereocenters. The van der Waals surface area contributed by atoms with Crippen molar-refractivity contribution in [2.45, 2.75) is 0 Å². The van der Waals surface area contributed by atoms with E-state index in [1.165, 1.54) is 12.3 Å². The van der Waals surface area contributed by atoms with Gasteiger partial charge in [0.05, 0.1) is 6.21 Å². The molecular formula is C6H6N2O3. The number of amides is 1. The van der Waals surface area contributed by atoms with Crippen LogP contribution < -0.4 is 5.32 Å². The largest absolute Gasteiger partial charge is 0.465 e. The molecule has 0 aromatic heterocycles. The molecule has 0 saturated heterocycles. The summed E-state index contributed by atoms with van der Waals surface area (Å²) in [5, 5.41) is 13.7. The highest BCUT2D eigenvalue weighted by Gasteiger charge is 2.01. The third-order valence-electron chi connectivity index (χ3n) is 0.887. The zero-order valence-electron chi connectivity index (χ0n) is 5.52. The lowest BCUT2D eigenvalue weighted by Crippen LogP contribution is -2.20. The van der Waals surface area contributed by atoms with Crippen molar-refractivity contribution in [2.24, 2.45) is 5.16 Å². The van der Waals surface area contributed by atoms with Gasteiger partial charge in [0.25, 0.3) is 0 Å². The number of rotatable bonds is 1. The zero-order chi connectivity index (χ0) is 8.10. The summed E-state index contributed by atoms with van der Waals surface area (Å²) in [4.78, 5) is 14.7. The fourth-order valence-electron chi connectivity index (χ4n) is 0.515. The van der Waals surface area contributed by atoms with Crippen LogP contribution in [0.3, 0.4) is 0 Å². The Bertz CT molecular complexity index is 242. The highest BCUT2D eigenvalue weighted by atomic mass is 16.6. The van der Waals surface area contributed by atoms with E-state index in [-0.39, 0.29) is 5.88 Å². The molecule has 0 aliphatic carbocycles. The minimum Gasteiger partial charge on any atom is -0.465 e. The summed E-state index contributed by atoms with van der Waals surface area (Å²) < 4.78 is 0. The van der Waals surface area contributed by atoms with E-state index in [0.29, 0.717) is 0 Å². The minimum absolute atomic E-state index is 0.0856. The molecule has 1 amide bonds. The maximum atomic E-state index is 10.1. The van der Waals surface area contributed by atoms with Gasteiger partial charge in [-0.05, 0) is 6.08 Å². The maximum Gasteiger partial charge on any atom is 0.411 e. The van der Waals surface area contributed by atoms with Gasteiger partial charge in [0.15, 0.2) is 0 Å². The van der Waals surface area contributed by atoms with Gasteiger partial charge in [0.1, 0.15) is 0 Å². The molecule has 0 saturated carbocycles. The van der Waals surface area contributed by atoms with E-state index >= 15 is 0 Å². The van der Waals surface area contributed by atoms with Crippen LogP contribution in [-0.2, 0) is 4.84 Å².